The van der Waals surface area contributed by atoms with Gasteiger partial charge in [0.05, 0.1) is 5.92 Å². The fraction of sp³-hybridized carbons (Fsp3) is 0.615. The lowest BCUT2D eigenvalue weighted by molar-refractivity contribution is -0.144. The molecule has 1 fully saturated rings. The third-order valence-corrected chi connectivity index (χ3v) is 3.41. The molecule has 0 aliphatic carbocycles. The average Bonchev–Trinajstić information content (AvgIpc) is 2.42. The van der Waals surface area contributed by atoms with Gasteiger partial charge in [0.1, 0.15) is 0 Å². The van der Waals surface area contributed by atoms with E-state index in [1.54, 1.807) is 12.4 Å². The van der Waals surface area contributed by atoms with E-state index in [4.69, 9.17) is 4.74 Å². The minimum atomic E-state index is -0.772. The average molecular weight is 265 g/mol. The number of carboxylic acids is 1. The first kappa shape index (κ1) is 13.7. The number of aliphatic carboxylic acids is 1. The van der Waals surface area contributed by atoms with E-state index in [-0.39, 0.29) is 5.92 Å². The van der Waals surface area contributed by atoms with Crippen molar-refractivity contribution in [2.24, 2.45) is 11.8 Å². The van der Waals surface area contributed by atoms with Gasteiger partial charge in [0.15, 0.2) is 0 Å². The molecule has 0 aromatic carbocycles. The molecule has 1 atom stereocenters. The van der Waals surface area contributed by atoms with E-state index in [1.807, 2.05) is 6.92 Å². The van der Waals surface area contributed by atoms with Gasteiger partial charge in [0.2, 0.25) is 5.95 Å². The Morgan fingerprint density at radius 1 is 1.47 bits per heavy atom. The molecule has 1 saturated heterocycles. The lowest BCUT2D eigenvalue weighted by atomic mass is 9.86. The molecule has 6 nitrogen and oxygen atoms in total. The highest BCUT2D eigenvalue weighted by Gasteiger charge is 2.29. The van der Waals surface area contributed by atoms with Crippen LogP contribution in [0, 0.1) is 18.8 Å². The van der Waals surface area contributed by atoms with Crippen molar-refractivity contribution in [3.8, 4) is 0 Å². The number of aryl methyl sites for hydroxylation is 1. The van der Waals surface area contributed by atoms with Gasteiger partial charge in [-0.3, -0.25) is 4.79 Å². The third-order valence-electron chi connectivity index (χ3n) is 3.41. The van der Waals surface area contributed by atoms with Crippen LogP contribution in [0.3, 0.4) is 0 Å². The second-order valence-corrected chi connectivity index (χ2v) is 4.86. The molecule has 0 spiro atoms. The number of rotatable bonds is 5. The number of nitrogens with one attached hydrogen (secondary N) is 1. The Balaban J connectivity index is 1.93. The van der Waals surface area contributed by atoms with Crippen LogP contribution in [-0.2, 0) is 9.53 Å². The van der Waals surface area contributed by atoms with Crippen LogP contribution in [0.15, 0.2) is 12.4 Å². The first-order valence-corrected chi connectivity index (χ1v) is 6.50. The molecule has 1 aliphatic rings. The number of nitrogens with zero attached hydrogens (tertiary/aromatic N) is 2. The van der Waals surface area contributed by atoms with Crippen LogP contribution in [-0.4, -0.2) is 40.8 Å². The van der Waals surface area contributed by atoms with Crippen LogP contribution in [0.2, 0.25) is 0 Å². The topological polar surface area (TPSA) is 84.3 Å². The number of anilines is 1. The van der Waals surface area contributed by atoms with Crippen LogP contribution in [0.4, 0.5) is 5.95 Å². The van der Waals surface area contributed by atoms with Gasteiger partial charge >= 0.3 is 5.97 Å². The van der Waals surface area contributed by atoms with Crippen molar-refractivity contribution in [2.45, 2.75) is 19.8 Å². The summed E-state index contributed by atoms with van der Waals surface area (Å²) in [5, 5.41) is 12.3. The van der Waals surface area contributed by atoms with E-state index in [9.17, 15) is 9.90 Å². The molecule has 1 aromatic heterocycles. The molecule has 2 heterocycles. The quantitative estimate of drug-likeness (QED) is 0.835. The third kappa shape index (κ3) is 3.89. The van der Waals surface area contributed by atoms with Gasteiger partial charge in [-0.2, -0.15) is 0 Å². The molecule has 19 heavy (non-hydrogen) atoms. The van der Waals surface area contributed by atoms with Gasteiger partial charge in [0.25, 0.3) is 0 Å². The van der Waals surface area contributed by atoms with Crippen LogP contribution in [0.5, 0.6) is 0 Å². The Bertz CT molecular complexity index is 416. The Morgan fingerprint density at radius 3 is 2.68 bits per heavy atom. The second kappa shape index (κ2) is 6.47. The number of ether oxygens (including phenoxy) is 1. The maximum Gasteiger partial charge on any atom is 0.308 e. The fourth-order valence-electron chi connectivity index (χ4n) is 2.26. The summed E-state index contributed by atoms with van der Waals surface area (Å²) >= 11 is 0. The van der Waals surface area contributed by atoms with Gasteiger partial charge in [-0.05, 0) is 31.2 Å². The van der Waals surface area contributed by atoms with E-state index in [0.29, 0.717) is 25.7 Å². The van der Waals surface area contributed by atoms with Crippen molar-refractivity contribution in [3.05, 3.63) is 18.0 Å². The van der Waals surface area contributed by atoms with Gasteiger partial charge in [-0.15, -0.1) is 0 Å². The molecule has 104 valence electrons. The Hall–Kier alpha value is -1.69. The highest BCUT2D eigenvalue weighted by atomic mass is 16.5. The number of hydrogen-bond donors (Lipinski definition) is 2. The predicted molar refractivity (Wildman–Crippen MR) is 69.9 cm³/mol. The lowest BCUT2D eigenvalue weighted by Gasteiger charge is -2.27. The second-order valence-electron chi connectivity index (χ2n) is 4.86. The van der Waals surface area contributed by atoms with Gasteiger partial charge in [-0.25, -0.2) is 9.97 Å². The predicted octanol–water partition coefficient (Wildman–Crippen LogP) is 1.32. The number of aromatic nitrogens is 2. The van der Waals surface area contributed by atoms with Crippen molar-refractivity contribution < 1.29 is 14.6 Å². The molecule has 2 N–H and O–H groups in total. The zero-order valence-corrected chi connectivity index (χ0v) is 11.0. The summed E-state index contributed by atoms with van der Waals surface area (Å²) in [6.07, 6.45) is 5.01. The highest BCUT2D eigenvalue weighted by molar-refractivity contribution is 5.71. The molecule has 1 unspecified atom stereocenters. The molecule has 6 heteroatoms. The smallest absolute Gasteiger partial charge is 0.308 e. The zero-order valence-electron chi connectivity index (χ0n) is 11.0. The molecule has 0 saturated carbocycles. The molecular weight excluding hydrogens is 246 g/mol. The summed E-state index contributed by atoms with van der Waals surface area (Å²) in [6.45, 7) is 3.56. The Kier molecular flexibility index (Phi) is 4.68. The monoisotopic (exact) mass is 265 g/mol. The standard InChI is InChI=1S/C13H19N3O3/c1-9-6-14-13(15-7-9)16-8-11(12(17)18)10-2-4-19-5-3-10/h6-7,10-11H,2-5,8H2,1H3,(H,17,18)(H,14,15,16). The minimum Gasteiger partial charge on any atom is -0.481 e. The van der Waals surface area contributed by atoms with Crippen LogP contribution < -0.4 is 5.32 Å². The maximum absolute atomic E-state index is 11.4. The van der Waals surface area contributed by atoms with Gasteiger partial charge in [0, 0.05) is 32.2 Å². The molecule has 1 aromatic rings. The molecule has 0 amide bonds. The van der Waals surface area contributed by atoms with E-state index in [0.717, 1.165) is 18.4 Å². The Labute approximate surface area is 112 Å². The lowest BCUT2D eigenvalue weighted by Crippen LogP contribution is -2.34. The first-order chi connectivity index (χ1) is 9.16. The van der Waals surface area contributed by atoms with E-state index >= 15 is 0 Å². The van der Waals surface area contributed by atoms with Crippen molar-refractivity contribution >= 4 is 11.9 Å². The molecule has 2 rings (SSSR count). The maximum atomic E-state index is 11.4. The molecular formula is C13H19N3O3. The van der Waals surface area contributed by atoms with E-state index < -0.39 is 11.9 Å². The van der Waals surface area contributed by atoms with Crippen molar-refractivity contribution in [1.82, 2.24) is 9.97 Å². The summed E-state index contributed by atoms with van der Waals surface area (Å²) in [7, 11) is 0. The largest absolute Gasteiger partial charge is 0.481 e. The van der Waals surface area contributed by atoms with Crippen molar-refractivity contribution in [1.29, 1.82) is 0 Å². The zero-order chi connectivity index (χ0) is 13.7. The highest BCUT2D eigenvalue weighted by Crippen LogP contribution is 2.24. The van der Waals surface area contributed by atoms with Crippen molar-refractivity contribution in [3.63, 3.8) is 0 Å². The molecule has 0 bridgehead atoms. The van der Waals surface area contributed by atoms with Crippen molar-refractivity contribution in [2.75, 3.05) is 25.1 Å². The fourth-order valence-corrected chi connectivity index (χ4v) is 2.26. The number of carbonyl (C=O) groups is 1. The molecule has 0 radical (unpaired) electrons. The minimum absolute atomic E-state index is 0.157. The SMILES string of the molecule is Cc1cnc(NCC(C(=O)O)C2CCOCC2)nc1. The normalized spacial score (nSPS) is 17.9. The summed E-state index contributed by atoms with van der Waals surface area (Å²) < 4.78 is 5.27. The first-order valence-electron chi connectivity index (χ1n) is 6.50. The number of carboxylic acid groups (broad SMARTS) is 1. The van der Waals surface area contributed by atoms with E-state index in [2.05, 4.69) is 15.3 Å². The number of hydrogen-bond acceptors (Lipinski definition) is 5. The Morgan fingerprint density at radius 2 is 2.11 bits per heavy atom. The van der Waals surface area contributed by atoms with Crippen LogP contribution in [0.1, 0.15) is 18.4 Å². The summed E-state index contributed by atoms with van der Waals surface area (Å²) in [5.41, 5.74) is 0.977. The van der Waals surface area contributed by atoms with Gasteiger partial charge in [-0.1, -0.05) is 0 Å². The van der Waals surface area contributed by atoms with Crippen LogP contribution >= 0.6 is 0 Å². The van der Waals surface area contributed by atoms with E-state index in [1.165, 1.54) is 0 Å². The summed E-state index contributed by atoms with van der Waals surface area (Å²) in [4.78, 5) is 19.6. The van der Waals surface area contributed by atoms with Crippen LogP contribution in [0.25, 0.3) is 0 Å². The summed E-state index contributed by atoms with van der Waals surface area (Å²) in [5.74, 6) is -0.562. The summed E-state index contributed by atoms with van der Waals surface area (Å²) in [6, 6.07) is 0. The van der Waals surface area contributed by atoms with Gasteiger partial charge < -0.3 is 15.2 Å². The molecule has 1 aliphatic heterocycles.